The van der Waals surface area contributed by atoms with Crippen molar-refractivity contribution in [2.45, 2.75) is 25.6 Å². The second kappa shape index (κ2) is 6.21. The number of nitro groups is 1. The number of aliphatic hydroxyl groups is 1. The lowest BCUT2D eigenvalue weighted by Crippen LogP contribution is -2.38. The van der Waals surface area contributed by atoms with E-state index in [1.54, 1.807) is 19.2 Å². The van der Waals surface area contributed by atoms with Gasteiger partial charge in [0.05, 0.1) is 11.0 Å². The Bertz CT molecular complexity index is 535. The highest BCUT2D eigenvalue weighted by atomic mass is 16.6. The third-order valence-corrected chi connectivity index (χ3v) is 2.93. The van der Waals surface area contributed by atoms with E-state index in [4.69, 9.17) is 0 Å². The van der Waals surface area contributed by atoms with Crippen LogP contribution in [-0.2, 0) is 6.42 Å². The molecule has 6 nitrogen and oxygen atoms in total. The molecule has 106 valence electrons. The Kier molecular flexibility index (Phi) is 4.37. The molecule has 6 heteroatoms. The Hall–Kier alpha value is -2.34. The number of dihydropyridines is 1. The number of nitrogens with one attached hydrogen (secondary N) is 2. The molecule has 1 aromatic carbocycles. The summed E-state index contributed by atoms with van der Waals surface area (Å²) in [6.45, 7) is 1.73. The zero-order valence-electron chi connectivity index (χ0n) is 11.1. The van der Waals surface area contributed by atoms with Crippen LogP contribution in [0.15, 0.2) is 48.3 Å². The van der Waals surface area contributed by atoms with Gasteiger partial charge in [0.1, 0.15) is 0 Å². The van der Waals surface area contributed by atoms with E-state index in [-0.39, 0.29) is 11.8 Å². The summed E-state index contributed by atoms with van der Waals surface area (Å²) in [7, 11) is 0. The predicted octanol–water partition coefficient (Wildman–Crippen LogP) is 1.63. The molecule has 0 aromatic heterocycles. The largest absolute Gasteiger partial charge is 0.393 e. The van der Waals surface area contributed by atoms with Crippen molar-refractivity contribution in [2.24, 2.45) is 0 Å². The van der Waals surface area contributed by atoms with Gasteiger partial charge in [-0.25, -0.2) is 0 Å². The SMILES string of the molecule is CC(O)Cc1ccc(NC2NC=CC=C2[N+](=O)[O-])cc1. The van der Waals surface area contributed by atoms with E-state index in [1.165, 1.54) is 6.08 Å². The van der Waals surface area contributed by atoms with Gasteiger partial charge in [0.25, 0.3) is 5.70 Å². The smallest absolute Gasteiger partial charge is 0.288 e. The van der Waals surface area contributed by atoms with Gasteiger partial charge >= 0.3 is 0 Å². The summed E-state index contributed by atoms with van der Waals surface area (Å²) in [5.41, 5.74) is 1.87. The highest BCUT2D eigenvalue weighted by Crippen LogP contribution is 2.15. The Balaban J connectivity index is 2.04. The molecule has 0 aliphatic carbocycles. The molecule has 0 bridgehead atoms. The number of benzene rings is 1. The Morgan fingerprint density at radius 1 is 1.45 bits per heavy atom. The van der Waals surface area contributed by atoms with E-state index in [0.29, 0.717) is 6.42 Å². The molecule has 0 saturated heterocycles. The number of aliphatic hydroxyl groups excluding tert-OH is 1. The van der Waals surface area contributed by atoms with Crippen LogP contribution in [0.5, 0.6) is 0 Å². The molecule has 1 aliphatic heterocycles. The normalized spacial score (nSPS) is 18.9. The van der Waals surface area contributed by atoms with Crippen molar-refractivity contribution in [2.75, 3.05) is 5.32 Å². The maximum Gasteiger partial charge on any atom is 0.288 e. The van der Waals surface area contributed by atoms with Gasteiger partial charge in [-0.3, -0.25) is 10.1 Å². The van der Waals surface area contributed by atoms with Crippen molar-refractivity contribution < 1.29 is 10.0 Å². The molecule has 20 heavy (non-hydrogen) atoms. The summed E-state index contributed by atoms with van der Waals surface area (Å²) in [5, 5.41) is 26.2. The molecular formula is C14H17N3O3. The molecular weight excluding hydrogens is 258 g/mol. The molecule has 0 radical (unpaired) electrons. The first kappa shape index (κ1) is 14.1. The summed E-state index contributed by atoms with van der Waals surface area (Å²) in [5.74, 6) is 0. The molecule has 0 amide bonds. The fourth-order valence-corrected chi connectivity index (χ4v) is 2.01. The zero-order valence-corrected chi connectivity index (χ0v) is 11.1. The third kappa shape index (κ3) is 3.58. The average molecular weight is 275 g/mol. The first-order chi connectivity index (χ1) is 9.56. The standard InChI is InChI=1S/C14H17N3O3/c1-10(18)9-11-4-6-12(7-5-11)16-14-13(17(19)20)3-2-8-15-14/h2-8,10,14-16,18H,9H2,1H3. The van der Waals surface area contributed by atoms with Gasteiger partial charge in [0, 0.05) is 11.8 Å². The van der Waals surface area contributed by atoms with Crippen LogP contribution in [0.2, 0.25) is 0 Å². The van der Waals surface area contributed by atoms with E-state index in [0.717, 1.165) is 11.3 Å². The quantitative estimate of drug-likeness (QED) is 0.561. The van der Waals surface area contributed by atoms with Crippen LogP contribution in [0, 0.1) is 10.1 Å². The van der Waals surface area contributed by atoms with Crippen molar-refractivity contribution in [3.05, 3.63) is 64.0 Å². The van der Waals surface area contributed by atoms with Gasteiger partial charge in [-0.1, -0.05) is 12.1 Å². The number of allylic oxidation sites excluding steroid dienone is 2. The number of nitrogens with zero attached hydrogens (tertiary/aromatic N) is 1. The fourth-order valence-electron chi connectivity index (χ4n) is 2.01. The second-order valence-corrected chi connectivity index (χ2v) is 4.70. The first-order valence-corrected chi connectivity index (χ1v) is 6.37. The van der Waals surface area contributed by atoms with Crippen LogP contribution in [0.1, 0.15) is 12.5 Å². The number of rotatable bonds is 5. The summed E-state index contributed by atoms with van der Waals surface area (Å²) in [4.78, 5) is 10.5. The monoisotopic (exact) mass is 275 g/mol. The average Bonchev–Trinajstić information content (AvgIpc) is 2.41. The summed E-state index contributed by atoms with van der Waals surface area (Å²) in [6.07, 6.45) is 4.37. The van der Waals surface area contributed by atoms with Crippen molar-refractivity contribution in [3.63, 3.8) is 0 Å². The third-order valence-electron chi connectivity index (χ3n) is 2.93. The minimum atomic E-state index is -0.558. The number of hydrogen-bond acceptors (Lipinski definition) is 5. The van der Waals surface area contributed by atoms with Crippen LogP contribution in [-0.4, -0.2) is 22.3 Å². The molecule has 1 heterocycles. The van der Waals surface area contributed by atoms with E-state index in [1.807, 2.05) is 24.3 Å². The lowest BCUT2D eigenvalue weighted by atomic mass is 10.1. The van der Waals surface area contributed by atoms with Crippen LogP contribution in [0.4, 0.5) is 5.69 Å². The number of hydrogen-bond donors (Lipinski definition) is 3. The highest BCUT2D eigenvalue weighted by Gasteiger charge is 2.24. The summed E-state index contributed by atoms with van der Waals surface area (Å²) in [6, 6.07) is 7.47. The van der Waals surface area contributed by atoms with E-state index < -0.39 is 11.1 Å². The molecule has 1 aromatic rings. The molecule has 0 saturated carbocycles. The van der Waals surface area contributed by atoms with Crippen LogP contribution < -0.4 is 10.6 Å². The van der Waals surface area contributed by atoms with Crippen LogP contribution in [0.25, 0.3) is 0 Å². The molecule has 1 aliphatic rings. The van der Waals surface area contributed by atoms with Crippen molar-refractivity contribution in [1.29, 1.82) is 0 Å². The maximum absolute atomic E-state index is 10.9. The molecule has 2 atom stereocenters. The van der Waals surface area contributed by atoms with E-state index in [2.05, 4.69) is 10.6 Å². The van der Waals surface area contributed by atoms with Gasteiger partial charge in [-0.2, -0.15) is 0 Å². The second-order valence-electron chi connectivity index (χ2n) is 4.70. The van der Waals surface area contributed by atoms with Crippen LogP contribution >= 0.6 is 0 Å². The lowest BCUT2D eigenvalue weighted by molar-refractivity contribution is -0.429. The fraction of sp³-hybridized carbons (Fsp3) is 0.286. The topological polar surface area (TPSA) is 87.4 Å². The minimum Gasteiger partial charge on any atom is -0.393 e. The summed E-state index contributed by atoms with van der Waals surface area (Å²) >= 11 is 0. The Morgan fingerprint density at radius 3 is 2.75 bits per heavy atom. The van der Waals surface area contributed by atoms with E-state index in [9.17, 15) is 15.2 Å². The van der Waals surface area contributed by atoms with Gasteiger partial charge in [0.15, 0.2) is 6.17 Å². The van der Waals surface area contributed by atoms with Crippen LogP contribution in [0.3, 0.4) is 0 Å². The summed E-state index contributed by atoms with van der Waals surface area (Å²) < 4.78 is 0. The van der Waals surface area contributed by atoms with Gasteiger partial charge in [0.2, 0.25) is 0 Å². The van der Waals surface area contributed by atoms with Crippen molar-refractivity contribution in [1.82, 2.24) is 5.32 Å². The Labute approximate surface area is 117 Å². The molecule has 0 fully saturated rings. The maximum atomic E-state index is 10.9. The molecule has 2 unspecified atom stereocenters. The minimum absolute atomic E-state index is 0.0700. The molecule has 3 N–H and O–H groups in total. The zero-order chi connectivity index (χ0) is 14.5. The van der Waals surface area contributed by atoms with Gasteiger partial charge in [-0.05, 0) is 43.3 Å². The van der Waals surface area contributed by atoms with Gasteiger partial charge in [-0.15, -0.1) is 0 Å². The van der Waals surface area contributed by atoms with E-state index >= 15 is 0 Å². The Morgan fingerprint density at radius 2 is 2.15 bits per heavy atom. The van der Waals surface area contributed by atoms with Crippen molar-refractivity contribution >= 4 is 5.69 Å². The lowest BCUT2D eigenvalue weighted by Gasteiger charge is -2.20. The molecule has 0 spiro atoms. The first-order valence-electron chi connectivity index (χ1n) is 6.37. The highest BCUT2D eigenvalue weighted by molar-refractivity contribution is 5.47. The van der Waals surface area contributed by atoms with Crippen molar-refractivity contribution in [3.8, 4) is 0 Å². The predicted molar refractivity (Wildman–Crippen MR) is 76.6 cm³/mol. The number of anilines is 1. The molecule has 2 rings (SSSR count). The van der Waals surface area contributed by atoms with Gasteiger partial charge < -0.3 is 15.7 Å².